The predicted molar refractivity (Wildman–Crippen MR) is 120 cm³/mol. The summed E-state index contributed by atoms with van der Waals surface area (Å²) in [4.78, 5) is 48.2. The van der Waals surface area contributed by atoms with Crippen molar-refractivity contribution >= 4 is 23.4 Å². The van der Waals surface area contributed by atoms with Gasteiger partial charge >= 0.3 is 5.97 Å². The Morgan fingerprint density at radius 3 is 2.36 bits per heavy atom. The number of amides is 1. The lowest BCUT2D eigenvalue weighted by Crippen LogP contribution is -2.49. The highest BCUT2D eigenvalue weighted by Crippen LogP contribution is 2.22. The number of ether oxygens (including phenoxy) is 1. The molecule has 1 aliphatic heterocycles. The van der Waals surface area contributed by atoms with Gasteiger partial charge in [-0.2, -0.15) is 0 Å². The van der Waals surface area contributed by atoms with E-state index in [1.165, 1.54) is 19.2 Å². The topological polar surface area (TPSA) is 119 Å². The molecule has 10 heteroatoms. The van der Waals surface area contributed by atoms with Crippen LogP contribution in [0.2, 0.25) is 0 Å². The van der Waals surface area contributed by atoms with Crippen molar-refractivity contribution in [2.75, 3.05) is 38.2 Å². The normalized spacial score (nSPS) is 13.5. The average Bonchev–Trinajstić information content (AvgIpc) is 2.88. The maximum Gasteiger partial charge on any atom is 0.338 e. The Labute approximate surface area is 189 Å². The molecule has 1 saturated heterocycles. The van der Waals surface area contributed by atoms with Crippen molar-refractivity contribution in [1.82, 2.24) is 14.9 Å². The molecule has 0 saturated carbocycles. The van der Waals surface area contributed by atoms with Crippen LogP contribution in [0, 0.1) is 10.1 Å². The highest BCUT2D eigenvalue weighted by atomic mass is 16.6. The first-order valence-corrected chi connectivity index (χ1v) is 10.3. The van der Waals surface area contributed by atoms with Crippen molar-refractivity contribution in [2.24, 2.45) is 0 Å². The zero-order valence-electron chi connectivity index (χ0n) is 17.9. The minimum Gasteiger partial charge on any atom is -0.465 e. The number of methoxy groups -OCH3 is 1. The molecule has 0 bridgehead atoms. The van der Waals surface area contributed by atoms with Gasteiger partial charge in [0.05, 0.1) is 17.6 Å². The fraction of sp³-hybridized carbons (Fsp3) is 0.217. The molecular weight excluding hydrogens is 426 g/mol. The Morgan fingerprint density at radius 1 is 1.00 bits per heavy atom. The van der Waals surface area contributed by atoms with E-state index >= 15 is 0 Å². The molecule has 1 fully saturated rings. The van der Waals surface area contributed by atoms with Crippen LogP contribution in [0.25, 0.3) is 11.4 Å². The molecule has 0 unspecified atom stereocenters. The fourth-order valence-corrected chi connectivity index (χ4v) is 3.65. The first kappa shape index (κ1) is 21.9. The maximum atomic E-state index is 13.0. The number of rotatable bonds is 5. The Balaban J connectivity index is 1.48. The second kappa shape index (κ2) is 9.43. The van der Waals surface area contributed by atoms with Gasteiger partial charge in [0.2, 0.25) is 0 Å². The van der Waals surface area contributed by atoms with Crippen molar-refractivity contribution in [2.45, 2.75) is 0 Å². The van der Waals surface area contributed by atoms with E-state index in [0.29, 0.717) is 32.0 Å². The van der Waals surface area contributed by atoms with E-state index in [1.807, 2.05) is 36.4 Å². The van der Waals surface area contributed by atoms with Crippen molar-refractivity contribution < 1.29 is 19.2 Å². The highest BCUT2D eigenvalue weighted by molar-refractivity contribution is 5.99. The summed E-state index contributed by atoms with van der Waals surface area (Å²) in [7, 11) is 1.18. The number of non-ortho nitro benzene ring substituents is 1. The standard InChI is InChI=1S/C23H21N5O5/c1-33-23(30)18-13-17(14-19(15-18)28(31)32)22(29)27-11-9-26(10-12-27)20-7-8-24-21(25-20)16-5-3-2-4-6-16/h2-8,13-15H,9-12H2,1H3. The van der Waals surface area contributed by atoms with Gasteiger partial charge in [0, 0.05) is 55.6 Å². The van der Waals surface area contributed by atoms with E-state index in [-0.39, 0.29) is 22.7 Å². The summed E-state index contributed by atoms with van der Waals surface area (Å²) in [5, 5.41) is 11.3. The number of nitro benzene ring substituents is 1. The summed E-state index contributed by atoms with van der Waals surface area (Å²) in [6.45, 7) is 1.88. The largest absolute Gasteiger partial charge is 0.465 e. The number of carbonyl (C=O) groups excluding carboxylic acids is 2. The minimum atomic E-state index is -0.740. The van der Waals surface area contributed by atoms with Crippen LogP contribution in [0.4, 0.5) is 11.5 Å². The molecule has 1 aliphatic rings. The third-order valence-corrected chi connectivity index (χ3v) is 5.36. The van der Waals surface area contributed by atoms with E-state index in [2.05, 4.69) is 19.6 Å². The number of nitro groups is 1. The molecule has 4 rings (SSSR count). The van der Waals surface area contributed by atoms with Crippen LogP contribution in [0.3, 0.4) is 0 Å². The molecule has 0 atom stereocenters. The quantitative estimate of drug-likeness (QED) is 0.333. The number of hydrogen-bond acceptors (Lipinski definition) is 8. The average molecular weight is 447 g/mol. The summed E-state index contributed by atoms with van der Waals surface area (Å²) >= 11 is 0. The number of nitrogens with zero attached hydrogens (tertiary/aromatic N) is 5. The van der Waals surface area contributed by atoms with E-state index < -0.39 is 10.9 Å². The predicted octanol–water partition coefficient (Wildman–Crippen LogP) is 2.80. The van der Waals surface area contributed by atoms with Gasteiger partial charge in [0.25, 0.3) is 11.6 Å². The molecule has 2 heterocycles. The van der Waals surface area contributed by atoms with Crippen LogP contribution < -0.4 is 4.90 Å². The Kier molecular flexibility index (Phi) is 6.25. The van der Waals surface area contributed by atoms with Gasteiger partial charge in [-0.1, -0.05) is 30.3 Å². The fourth-order valence-electron chi connectivity index (χ4n) is 3.65. The van der Waals surface area contributed by atoms with Crippen LogP contribution in [-0.2, 0) is 4.74 Å². The van der Waals surface area contributed by atoms with Crippen molar-refractivity contribution in [1.29, 1.82) is 0 Å². The van der Waals surface area contributed by atoms with Gasteiger partial charge in [-0.05, 0) is 12.1 Å². The van der Waals surface area contributed by atoms with E-state index in [1.54, 1.807) is 11.1 Å². The molecule has 1 aromatic heterocycles. The van der Waals surface area contributed by atoms with Gasteiger partial charge < -0.3 is 14.5 Å². The smallest absolute Gasteiger partial charge is 0.338 e. The minimum absolute atomic E-state index is 0.0388. The number of carbonyl (C=O) groups is 2. The third-order valence-electron chi connectivity index (χ3n) is 5.36. The highest BCUT2D eigenvalue weighted by Gasteiger charge is 2.26. The first-order chi connectivity index (χ1) is 16.0. The van der Waals surface area contributed by atoms with E-state index in [4.69, 9.17) is 0 Å². The van der Waals surface area contributed by atoms with Gasteiger partial charge in [0.1, 0.15) is 5.82 Å². The zero-order chi connectivity index (χ0) is 23.4. The molecule has 168 valence electrons. The lowest BCUT2D eigenvalue weighted by molar-refractivity contribution is -0.384. The molecule has 0 radical (unpaired) electrons. The Hall–Kier alpha value is -4.34. The molecule has 33 heavy (non-hydrogen) atoms. The second-order valence-electron chi connectivity index (χ2n) is 7.40. The zero-order valence-corrected chi connectivity index (χ0v) is 17.9. The molecular formula is C23H21N5O5. The number of hydrogen-bond donors (Lipinski definition) is 0. The summed E-state index contributed by atoms with van der Waals surface area (Å²) in [5.74, 6) is 0.268. The van der Waals surface area contributed by atoms with E-state index in [0.717, 1.165) is 17.4 Å². The second-order valence-corrected chi connectivity index (χ2v) is 7.40. The molecule has 1 amide bonds. The van der Waals surface area contributed by atoms with Crippen LogP contribution >= 0.6 is 0 Å². The molecule has 0 spiro atoms. The van der Waals surface area contributed by atoms with Crippen LogP contribution in [0.1, 0.15) is 20.7 Å². The number of aromatic nitrogens is 2. The summed E-state index contributed by atoms with van der Waals surface area (Å²) in [6, 6.07) is 15.1. The van der Waals surface area contributed by atoms with Crippen LogP contribution in [0.15, 0.2) is 60.8 Å². The lowest BCUT2D eigenvalue weighted by Gasteiger charge is -2.35. The summed E-state index contributed by atoms with van der Waals surface area (Å²) < 4.78 is 4.65. The number of piperazine rings is 1. The molecule has 3 aromatic rings. The monoisotopic (exact) mass is 447 g/mol. The van der Waals surface area contributed by atoms with Gasteiger partial charge in [-0.15, -0.1) is 0 Å². The molecule has 2 aromatic carbocycles. The Bertz CT molecular complexity index is 1190. The molecule has 10 nitrogen and oxygen atoms in total. The van der Waals surface area contributed by atoms with E-state index in [9.17, 15) is 19.7 Å². The van der Waals surface area contributed by atoms with Crippen molar-refractivity contribution in [3.05, 3.63) is 82.0 Å². The summed E-state index contributed by atoms with van der Waals surface area (Å²) in [5.41, 5.74) is 0.615. The molecule has 0 aliphatic carbocycles. The number of esters is 1. The van der Waals surface area contributed by atoms with Gasteiger partial charge in [0.15, 0.2) is 5.82 Å². The number of anilines is 1. The lowest BCUT2D eigenvalue weighted by atomic mass is 10.1. The first-order valence-electron chi connectivity index (χ1n) is 10.3. The van der Waals surface area contributed by atoms with Crippen molar-refractivity contribution in [3.8, 4) is 11.4 Å². The van der Waals surface area contributed by atoms with Crippen molar-refractivity contribution in [3.63, 3.8) is 0 Å². The Morgan fingerprint density at radius 2 is 1.70 bits per heavy atom. The summed E-state index contributed by atoms with van der Waals surface area (Å²) in [6.07, 6.45) is 1.71. The van der Waals surface area contributed by atoms with Crippen LogP contribution in [-0.4, -0.2) is 65.0 Å². The van der Waals surface area contributed by atoms with Gasteiger partial charge in [-0.3, -0.25) is 14.9 Å². The molecule has 0 N–H and O–H groups in total. The maximum absolute atomic E-state index is 13.0. The SMILES string of the molecule is COC(=O)c1cc(C(=O)N2CCN(c3ccnc(-c4ccccc4)n3)CC2)cc([N+](=O)[O-])c1. The van der Waals surface area contributed by atoms with Gasteiger partial charge in [-0.25, -0.2) is 14.8 Å². The van der Waals surface area contributed by atoms with Crippen LogP contribution in [0.5, 0.6) is 0 Å². The third kappa shape index (κ3) is 4.79. The number of benzene rings is 2.